The summed E-state index contributed by atoms with van der Waals surface area (Å²) in [5, 5.41) is 13.0. The molecule has 2 N–H and O–H groups in total. The van der Waals surface area contributed by atoms with Gasteiger partial charge in [-0.1, -0.05) is 0 Å². The number of rotatable bonds is 4. The molecule has 0 aliphatic heterocycles. The van der Waals surface area contributed by atoms with Crippen molar-refractivity contribution in [2.24, 2.45) is 0 Å². The average molecular weight is 242 g/mol. The van der Waals surface area contributed by atoms with Gasteiger partial charge in [-0.15, -0.1) is 0 Å². The Balaban J connectivity index is 2.91. The van der Waals surface area contributed by atoms with Crippen LogP contribution in [0.25, 0.3) is 0 Å². The number of nitrogens with one attached hydrogen (secondary N) is 2. The van der Waals surface area contributed by atoms with E-state index in [1.54, 1.807) is 14.1 Å². The van der Waals surface area contributed by atoms with E-state index in [9.17, 15) is 19.3 Å². The number of benzene rings is 1. The second kappa shape index (κ2) is 5.35. The summed E-state index contributed by atoms with van der Waals surface area (Å²) >= 11 is 0. The maximum absolute atomic E-state index is 12.8. The summed E-state index contributed by atoms with van der Waals surface area (Å²) in [6.45, 7) is 0.175. The predicted molar refractivity (Wildman–Crippen MR) is 59.4 cm³/mol. The molecule has 0 saturated carbocycles. The Morgan fingerprint density at radius 1 is 1.53 bits per heavy atom. The van der Waals surface area contributed by atoms with Crippen LogP contribution in [-0.2, 0) is 4.79 Å². The number of nitro benzene ring substituents is 1. The third-order valence-corrected chi connectivity index (χ3v) is 1.94. The van der Waals surface area contributed by atoms with E-state index >= 15 is 0 Å². The molecule has 0 aliphatic rings. The van der Waals surface area contributed by atoms with Crippen molar-refractivity contribution in [1.82, 2.24) is 0 Å². The molecule has 6 nitrogen and oxygen atoms in total. The van der Waals surface area contributed by atoms with Crippen molar-refractivity contribution in [1.29, 1.82) is 0 Å². The number of amides is 1. The van der Waals surface area contributed by atoms with Gasteiger partial charge in [-0.25, -0.2) is 4.39 Å². The molecule has 0 radical (unpaired) electrons. The number of nitrogens with zero attached hydrogens (tertiary/aromatic N) is 1. The van der Waals surface area contributed by atoms with Gasteiger partial charge in [0, 0.05) is 0 Å². The number of quaternary nitrogens is 1. The van der Waals surface area contributed by atoms with Gasteiger partial charge in [0.2, 0.25) is 0 Å². The minimum Gasteiger partial charge on any atom is -0.332 e. The quantitative estimate of drug-likeness (QED) is 0.568. The van der Waals surface area contributed by atoms with Gasteiger partial charge in [0.15, 0.2) is 6.54 Å². The van der Waals surface area contributed by atoms with Gasteiger partial charge >= 0.3 is 0 Å². The van der Waals surface area contributed by atoms with Crippen molar-refractivity contribution in [3.05, 3.63) is 34.1 Å². The minimum atomic E-state index is -0.735. The molecule has 0 atom stereocenters. The third kappa shape index (κ3) is 3.80. The molecule has 7 heteroatoms. The smallest absolute Gasteiger partial charge is 0.295 e. The van der Waals surface area contributed by atoms with Gasteiger partial charge in [-0.3, -0.25) is 14.9 Å². The zero-order chi connectivity index (χ0) is 13.0. The zero-order valence-corrected chi connectivity index (χ0v) is 9.49. The first-order valence-corrected chi connectivity index (χ1v) is 4.93. The number of hydrogen-bond acceptors (Lipinski definition) is 3. The number of nitro groups is 1. The molecule has 1 aromatic carbocycles. The first-order chi connectivity index (χ1) is 7.90. The minimum absolute atomic E-state index is 0.00245. The van der Waals surface area contributed by atoms with E-state index in [4.69, 9.17) is 0 Å². The molecule has 1 amide bonds. The second-order valence-electron chi connectivity index (χ2n) is 3.85. The van der Waals surface area contributed by atoms with Crippen LogP contribution in [0.4, 0.5) is 15.8 Å². The summed E-state index contributed by atoms with van der Waals surface area (Å²) in [6, 6.07) is 3.01. The SMILES string of the molecule is C[NH+](C)CC(=O)Nc1ccc(F)cc1[N+](=O)[O-]. The molecule has 0 fully saturated rings. The van der Waals surface area contributed by atoms with Gasteiger partial charge in [-0.05, 0) is 12.1 Å². The Morgan fingerprint density at radius 3 is 2.71 bits per heavy atom. The van der Waals surface area contributed by atoms with E-state index in [0.717, 1.165) is 17.0 Å². The molecule has 1 rings (SSSR count). The summed E-state index contributed by atoms with van der Waals surface area (Å²) in [4.78, 5) is 22.2. The Bertz CT molecular complexity index is 448. The highest BCUT2D eigenvalue weighted by Crippen LogP contribution is 2.24. The summed E-state index contributed by atoms with van der Waals surface area (Å²) < 4.78 is 12.8. The van der Waals surface area contributed by atoms with Crippen LogP contribution in [-0.4, -0.2) is 31.5 Å². The lowest BCUT2D eigenvalue weighted by molar-refractivity contribution is -0.849. The summed E-state index contributed by atoms with van der Waals surface area (Å²) in [5.41, 5.74) is -0.449. The summed E-state index contributed by atoms with van der Waals surface area (Å²) in [6.07, 6.45) is 0. The van der Waals surface area contributed by atoms with E-state index < -0.39 is 16.4 Å². The number of likely N-dealkylation sites (N-methyl/N-ethyl adjacent to an activating group) is 1. The Labute approximate surface area is 97.2 Å². The lowest BCUT2D eigenvalue weighted by atomic mass is 10.2. The summed E-state index contributed by atoms with van der Waals surface area (Å²) in [7, 11) is 3.55. The van der Waals surface area contributed by atoms with E-state index in [0.29, 0.717) is 0 Å². The van der Waals surface area contributed by atoms with Gasteiger partial charge in [0.25, 0.3) is 11.6 Å². The third-order valence-electron chi connectivity index (χ3n) is 1.94. The molecule has 0 bridgehead atoms. The first-order valence-electron chi connectivity index (χ1n) is 4.93. The Morgan fingerprint density at radius 2 is 2.18 bits per heavy atom. The van der Waals surface area contributed by atoms with Crippen LogP contribution in [0.2, 0.25) is 0 Å². The molecular weight excluding hydrogens is 229 g/mol. The van der Waals surface area contributed by atoms with Crippen LogP contribution in [0.3, 0.4) is 0 Å². The molecule has 92 valence electrons. The fraction of sp³-hybridized carbons (Fsp3) is 0.300. The van der Waals surface area contributed by atoms with Gasteiger partial charge in [0.1, 0.15) is 11.5 Å². The van der Waals surface area contributed by atoms with E-state index in [1.165, 1.54) is 6.07 Å². The van der Waals surface area contributed by atoms with E-state index in [1.807, 2.05) is 0 Å². The van der Waals surface area contributed by atoms with Crippen LogP contribution in [0.5, 0.6) is 0 Å². The van der Waals surface area contributed by atoms with Crippen molar-refractivity contribution in [2.45, 2.75) is 0 Å². The van der Waals surface area contributed by atoms with Gasteiger partial charge in [-0.2, -0.15) is 0 Å². The molecular formula is C10H13FN3O3+. The van der Waals surface area contributed by atoms with Crippen molar-refractivity contribution in [3.63, 3.8) is 0 Å². The number of halogens is 1. The van der Waals surface area contributed by atoms with Crippen LogP contribution < -0.4 is 10.2 Å². The van der Waals surface area contributed by atoms with Crippen molar-refractivity contribution >= 4 is 17.3 Å². The molecule has 0 aromatic heterocycles. The first kappa shape index (κ1) is 13.0. The number of carbonyl (C=O) groups excluding carboxylic acids is 1. The maximum Gasteiger partial charge on any atom is 0.295 e. The molecule has 1 aromatic rings. The molecule has 0 unspecified atom stereocenters. The average Bonchev–Trinajstić information content (AvgIpc) is 2.19. The number of carbonyl (C=O) groups is 1. The van der Waals surface area contributed by atoms with Crippen LogP contribution in [0.15, 0.2) is 18.2 Å². The van der Waals surface area contributed by atoms with Crippen LogP contribution in [0, 0.1) is 15.9 Å². The van der Waals surface area contributed by atoms with Gasteiger partial charge < -0.3 is 10.2 Å². The standard InChI is InChI=1S/C10H12FN3O3/c1-13(2)6-10(15)12-8-4-3-7(11)5-9(8)14(16)17/h3-5H,6H2,1-2H3,(H,12,15)/p+1. The predicted octanol–water partition coefficient (Wildman–Crippen LogP) is -0.183. The Hall–Kier alpha value is -2.02. The lowest BCUT2D eigenvalue weighted by Gasteiger charge is -2.08. The zero-order valence-electron chi connectivity index (χ0n) is 9.49. The molecule has 0 spiro atoms. The van der Waals surface area contributed by atoms with Crippen molar-refractivity contribution < 1.29 is 19.0 Å². The van der Waals surface area contributed by atoms with Crippen LogP contribution >= 0.6 is 0 Å². The molecule has 0 saturated heterocycles. The summed E-state index contributed by atoms with van der Waals surface area (Å²) in [5.74, 6) is -1.08. The second-order valence-corrected chi connectivity index (χ2v) is 3.85. The lowest BCUT2D eigenvalue weighted by Crippen LogP contribution is -3.06. The van der Waals surface area contributed by atoms with Crippen molar-refractivity contribution in [2.75, 3.05) is 26.0 Å². The number of anilines is 1. The highest BCUT2D eigenvalue weighted by molar-refractivity contribution is 5.93. The molecule has 0 heterocycles. The molecule has 0 aliphatic carbocycles. The fourth-order valence-electron chi connectivity index (χ4n) is 1.28. The normalized spacial score (nSPS) is 10.4. The van der Waals surface area contributed by atoms with Crippen LogP contribution in [0.1, 0.15) is 0 Å². The maximum atomic E-state index is 12.8. The van der Waals surface area contributed by atoms with Crippen molar-refractivity contribution in [3.8, 4) is 0 Å². The van der Waals surface area contributed by atoms with Gasteiger partial charge in [0.05, 0.1) is 25.1 Å². The Kier molecular flexibility index (Phi) is 4.11. The largest absolute Gasteiger partial charge is 0.332 e. The number of hydrogen-bond donors (Lipinski definition) is 2. The topological polar surface area (TPSA) is 76.7 Å². The highest BCUT2D eigenvalue weighted by Gasteiger charge is 2.17. The molecule has 17 heavy (non-hydrogen) atoms. The highest BCUT2D eigenvalue weighted by atomic mass is 19.1. The monoisotopic (exact) mass is 242 g/mol. The van der Waals surface area contributed by atoms with E-state index in [2.05, 4.69) is 5.32 Å². The van der Waals surface area contributed by atoms with E-state index in [-0.39, 0.29) is 18.1 Å². The fourth-order valence-corrected chi connectivity index (χ4v) is 1.28.